The van der Waals surface area contributed by atoms with Gasteiger partial charge in [-0.15, -0.1) is 0 Å². The molecule has 0 saturated heterocycles. The average molecular weight is 558 g/mol. The normalized spacial score (nSPS) is 11.3. The van der Waals surface area contributed by atoms with Gasteiger partial charge in [0.25, 0.3) is 0 Å². The minimum atomic E-state index is -0.690. The van der Waals surface area contributed by atoms with Crippen LogP contribution in [0.1, 0.15) is 48.2 Å². The van der Waals surface area contributed by atoms with Crippen molar-refractivity contribution in [3.63, 3.8) is 0 Å². The molecular formula is C30H43N3O7. The van der Waals surface area contributed by atoms with Crippen molar-refractivity contribution < 1.29 is 35.1 Å². The topological polar surface area (TPSA) is 200 Å². The molecule has 0 aliphatic carbocycles. The quantitative estimate of drug-likeness (QED) is 0.192. The van der Waals surface area contributed by atoms with Crippen molar-refractivity contribution in [3.8, 4) is 17.2 Å². The van der Waals surface area contributed by atoms with Crippen LogP contribution in [0.4, 0.5) is 0 Å². The summed E-state index contributed by atoms with van der Waals surface area (Å²) in [6.45, 7) is 5.50. The van der Waals surface area contributed by atoms with Gasteiger partial charge < -0.3 is 46.6 Å². The zero-order valence-corrected chi connectivity index (χ0v) is 23.4. The molecule has 0 amide bonds. The molecule has 0 fully saturated rings. The number of aromatic nitrogens is 1. The van der Waals surface area contributed by atoms with Crippen LogP contribution in [0, 0.1) is 6.92 Å². The Hall–Kier alpha value is -3.83. The van der Waals surface area contributed by atoms with Gasteiger partial charge >= 0.3 is 0 Å². The van der Waals surface area contributed by atoms with E-state index in [4.69, 9.17) is 31.9 Å². The molecule has 3 aromatic rings. The second-order valence-electron chi connectivity index (χ2n) is 8.78. The van der Waals surface area contributed by atoms with E-state index in [1.54, 1.807) is 49.5 Å². The highest BCUT2D eigenvalue weighted by molar-refractivity contribution is 5.58. The molecule has 2 unspecified atom stereocenters. The molecule has 2 atom stereocenters. The number of aromatic hydroxyl groups is 3. The van der Waals surface area contributed by atoms with Crippen molar-refractivity contribution in [1.29, 1.82) is 0 Å². The number of aldehydes is 2. The van der Waals surface area contributed by atoms with E-state index < -0.39 is 12.1 Å². The zero-order chi connectivity index (χ0) is 30.5. The van der Waals surface area contributed by atoms with Crippen LogP contribution in [0.15, 0.2) is 54.7 Å². The maximum Gasteiger partial charge on any atom is 0.140 e. The fourth-order valence-electron chi connectivity index (χ4n) is 3.16. The van der Waals surface area contributed by atoms with Gasteiger partial charge in [0, 0.05) is 17.3 Å². The van der Waals surface area contributed by atoms with Gasteiger partial charge in [0.1, 0.15) is 29.8 Å². The number of aliphatic hydroxyl groups excluding tert-OH is 2. The molecule has 220 valence electrons. The second kappa shape index (κ2) is 21.0. The Morgan fingerprint density at radius 1 is 0.825 bits per heavy atom. The van der Waals surface area contributed by atoms with Crippen LogP contribution in [0.2, 0.25) is 0 Å². The predicted octanol–water partition coefficient (Wildman–Crippen LogP) is 2.46. The molecule has 10 heteroatoms. The van der Waals surface area contributed by atoms with Crippen molar-refractivity contribution in [3.05, 3.63) is 82.7 Å². The number of nitrogens with two attached hydrogens (primary N) is 2. The molecule has 0 saturated carbocycles. The van der Waals surface area contributed by atoms with Gasteiger partial charge in [0.15, 0.2) is 0 Å². The van der Waals surface area contributed by atoms with E-state index in [0.717, 1.165) is 24.0 Å². The number of benzene rings is 2. The number of phenolic OH excluding ortho intramolecular Hbond substituents is 2. The Balaban J connectivity index is 0.000000522. The minimum absolute atomic E-state index is 0.0655. The Morgan fingerprint density at radius 3 is 1.70 bits per heavy atom. The molecule has 9 N–H and O–H groups in total. The largest absolute Gasteiger partial charge is 0.508 e. The summed E-state index contributed by atoms with van der Waals surface area (Å²) in [7, 11) is 0. The van der Waals surface area contributed by atoms with E-state index in [2.05, 4.69) is 11.9 Å². The first-order valence-electron chi connectivity index (χ1n) is 12.9. The molecule has 0 aliphatic rings. The van der Waals surface area contributed by atoms with Crippen molar-refractivity contribution in [2.75, 3.05) is 6.61 Å². The highest BCUT2D eigenvalue weighted by atomic mass is 16.3. The van der Waals surface area contributed by atoms with Crippen molar-refractivity contribution >= 4 is 12.6 Å². The zero-order valence-electron chi connectivity index (χ0n) is 23.4. The van der Waals surface area contributed by atoms with E-state index in [1.807, 2.05) is 19.1 Å². The van der Waals surface area contributed by atoms with E-state index in [9.17, 15) is 14.7 Å². The van der Waals surface area contributed by atoms with E-state index >= 15 is 0 Å². The van der Waals surface area contributed by atoms with Gasteiger partial charge in [0.05, 0.1) is 31.0 Å². The maximum atomic E-state index is 10.2. The number of carbonyl (C=O) groups is 2. The number of carbonyl (C=O) groups excluding carboxylic acids is 2. The predicted molar refractivity (Wildman–Crippen MR) is 155 cm³/mol. The van der Waals surface area contributed by atoms with Crippen molar-refractivity contribution in [2.24, 2.45) is 11.5 Å². The molecule has 0 aliphatic heterocycles. The Bertz CT molecular complexity index is 1110. The number of nitrogens with zero attached hydrogens (tertiary/aromatic N) is 1. The van der Waals surface area contributed by atoms with Gasteiger partial charge in [-0.2, -0.15) is 0 Å². The van der Waals surface area contributed by atoms with Crippen LogP contribution in [0.3, 0.4) is 0 Å². The van der Waals surface area contributed by atoms with Gasteiger partial charge in [-0.25, -0.2) is 0 Å². The lowest BCUT2D eigenvalue weighted by Crippen LogP contribution is -2.25. The van der Waals surface area contributed by atoms with Gasteiger partial charge in [-0.3, -0.25) is 4.98 Å². The monoisotopic (exact) mass is 557 g/mol. The number of aliphatic hydroxyl groups is 2. The number of phenols is 2. The summed E-state index contributed by atoms with van der Waals surface area (Å²) < 4.78 is 0. The third-order valence-corrected chi connectivity index (χ3v) is 5.40. The number of aryl methyl sites for hydroxylation is 2. The SMILES string of the molecule is CCCc1ccc(O)cc1.CCc1c(CO)cnc(C)c1O.NC(C=O)CO.NC(C=O)Cc1ccc(O)cc1. The fraction of sp³-hybridized carbons (Fsp3) is 0.367. The molecule has 3 rings (SSSR count). The number of hydrogen-bond acceptors (Lipinski definition) is 10. The number of hydrogen-bond donors (Lipinski definition) is 7. The Morgan fingerprint density at radius 2 is 1.32 bits per heavy atom. The molecule has 0 spiro atoms. The third kappa shape index (κ3) is 14.9. The summed E-state index contributed by atoms with van der Waals surface area (Å²) in [6.07, 6.45) is 6.31. The Kier molecular flexibility index (Phi) is 19.0. The first kappa shape index (κ1) is 36.2. The van der Waals surface area contributed by atoms with Gasteiger partial charge in [-0.1, -0.05) is 44.5 Å². The fourth-order valence-corrected chi connectivity index (χ4v) is 3.16. The van der Waals surface area contributed by atoms with E-state index in [1.165, 1.54) is 5.56 Å². The van der Waals surface area contributed by atoms with E-state index in [0.29, 0.717) is 42.4 Å². The summed E-state index contributed by atoms with van der Waals surface area (Å²) in [6, 6.07) is 12.9. The maximum absolute atomic E-state index is 10.2. The van der Waals surface area contributed by atoms with Crippen LogP contribution < -0.4 is 11.5 Å². The second-order valence-corrected chi connectivity index (χ2v) is 8.78. The highest BCUT2D eigenvalue weighted by Crippen LogP contribution is 2.23. The molecule has 40 heavy (non-hydrogen) atoms. The van der Waals surface area contributed by atoms with Crippen molar-refractivity contribution in [2.45, 2.75) is 65.1 Å². The molecule has 1 aromatic heterocycles. The summed E-state index contributed by atoms with van der Waals surface area (Å²) in [4.78, 5) is 23.6. The molecular weight excluding hydrogens is 514 g/mol. The molecule has 1 heterocycles. The lowest BCUT2D eigenvalue weighted by molar-refractivity contribution is -0.110. The lowest BCUT2D eigenvalue weighted by atomic mass is 10.1. The average Bonchev–Trinajstić information content (AvgIpc) is 2.97. The van der Waals surface area contributed by atoms with Crippen LogP contribution in [-0.2, 0) is 35.5 Å². The highest BCUT2D eigenvalue weighted by Gasteiger charge is 2.08. The van der Waals surface area contributed by atoms with Crippen LogP contribution in [0.25, 0.3) is 0 Å². The molecule has 0 bridgehead atoms. The van der Waals surface area contributed by atoms with Crippen LogP contribution in [0.5, 0.6) is 17.2 Å². The van der Waals surface area contributed by atoms with Crippen LogP contribution in [-0.4, -0.2) is 61.8 Å². The number of rotatable bonds is 9. The van der Waals surface area contributed by atoms with Crippen molar-refractivity contribution in [1.82, 2.24) is 4.98 Å². The summed E-state index contributed by atoms with van der Waals surface area (Å²) in [5.41, 5.74) is 14.6. The van der Waals surface area contributed by atoms with E-state index in [-0.39, 0.29) is 24.7 Å². The summed E-state index contributed by atoms with van der Waals surface area (Å²) in [5.74, 6) is 0.780. The number of pyridine rings is 1. The first-order chi connectivity index (χ1) is 19.1. The molecule has 2 aromatic carbocycles. The third-order valence-electron chi connectivity index (χ3n) is 5.40. The van der Waals surface area contributed by atoms with Gasteiger partial charge in [-0.05, 0) is 61.6 Å². The Labute approximate surface area is 236 Å². The molecule has 0 radical (unpaired) electrons. The minimum Gasteiger partial charge on any atom is -0.508 e. The summed E-state index contributed by atoms with van der Waals surface area (Å²) in [5, 5.41) is 44.3. The lowest BCUT2D eigenvalue weighted by Gasteiger charge is -2.08. The van der Waals surface area contributed by atoms with Crippen LogP contribution >= 0.6 is 0 Å². The van der Waals surface area contributed by atoms with Gasteiger partial charge in [0.2, 0.25) is 0 Å². The molecule has 10 nitrogen and oxygen atoms in total. The first-order valence-corrected chi connectivity index (χ1v) is 12.9. The standard InChI is InChI=1S/C9H13NO2.C9H11NO2.C9H12O.C3H7NO2/c1-3-8-7(5-11)4-10-6(2)9(8)12;10-8(6-11)5-7-1-3-9(12)4-2-7;1-2-3-8-4-6-9(10)7-5-8;4-3(1-5)2-6/h4,11-12H,3,5H2,1-2H3;1-4,6,8,12H,5,10H2;4-7,10H,2-3H2,1H3;1,3,6H,2,4H2. The smallest absolute Gasteiger partial charge is 0.140 e. The summed E-state index contributed by atoms with van der Waals surface area (Å²) >= 11 is 0.